The molecule has 0 amide bonds. The number of hydrogen-bond donors (Lipinski definition) is 1. The molecule has 0 spiro atoms. The molecule has 0 aliphatic heterocycles. The van der Waals surface area contributed by atoms with Gasteiger partial charge in [0, 0.05) is 11.3 Å². The van der Waals surface area contributed by atoms with Crippen LogP contribution in [0.15, 0.2) is 12.1 Å². The van der Waals surface area contributed by atoms with Crippen molar-refractivity contribution in [2.24, 2.45) is 0 Å². The number of ketones is 1. The summed E-state index contributed by atoms with van der Waals surface area (Å²) in [7, 11) is 0. The van der Waals surface area contributed by atoms with E-state index in [1.54, 1.807) is 6.92 Å². The van der Waals surface area contributed by atoms with Crippen molar-refractivity contribution in [2.45, 2.75) is 33.6 Å². The molecule has 1 aromatic rings. The van der Waals surface area contributed by atoms with E-state index in [0.717, 1.165) is 35.2 Å². The first-order valence-corrected chi connectivity index (χ1v) is 5.02. The van der Waals surface area contributed by atoms with Crippen LogP contribution in [0.2, 0.25) is 0 Å². The molecule has 0 bridgehead atoms. The van der Waals surface area contributed by atoms with E-state index in [1.165, 1.54) is 0 Å². The molecule has 2 heteroatoms. The summed E-state index contributed by atoms with van der Waals surface area (Å²) >= 11 is 0. The molecule has 76 valence electrons. The highest BCUT2D eigenvalue weighted by molar-refractivity contribution is 5.95. The van der Waals surface area contributed by atoms with Crippen molar-refractivity contribution in [3.8, 4) is 0 Å². The Labute approximate surface area is 85.1 Å². The highest BCUT2D eigenvalue weighted by Gasteiger charge is 2.07. The minimum absolute atomic E-state index is 0.106. The lowest BCUT2D eigenvalue weighted by Crippen LogP contribution is -2.03. The quantitative estimate of drug-likeness (QED) is 0.589. The molecule has 0 heterocycles. The third-order valence-electron chi connectivity index (χ3n) is 2.52. The minimum atomic E-state index is 0.106. The number of aryl methyl sites for hydroxylation is 2. The summed E-state index contributed by atoms with van der Waals surface area (Å²) < 4.78 is 0. The molecule has 14 heavy (non-hydrogen) atoms. The molecular weight excluding hydrogens is 174 g/mol. The lowest BCUT2D eigenvalue weighted by molar-refractivity contribution is 0.101. The summed E-state index contributed by atoms with van der Waals surface area (Å²) in [6.45, 7) is 5.69. The topological polar surface area (TPSA) is 43.1 Å². The Kier molecular flexibility index (Phi) is 3.28. The summed E-state index contributed by atoms with van der Waals surface area (Å²) in [5.74, 6) is 0.106. The van der Waals surface area contributed by atoms with Crippen LogP contribution in [-0.4, -0.2) is 5.78 Å². The molecule has 0 unspecified atom stereocenters. The van der Waals surface area contributed by atoms with Crippen molar-refractivity contribution >= 4 is 11.5 Å². The highest BCUT2D eigenvalue weighted by atomic mass is 16.1. The number of carbonyl (C=O) groups excluding carboxylic acids is 1. The van der Waals surface area contributed by atoms with Crippen molar-refractivity contribution in [1.82, 2.24) is 0 Å². The second-order valence-electron chi connectivity index (χ2n) is 3.47. The summed E-state index contributed by atoms with van der Waals surface area (Å²) in [4.78, 5) is 11.3. The first kappa shape index (κ1) is 10.8. The molecule has 0 radical (unpaired) electrons. The van der Waals surface area contributed by atoms with E-state index >= 15 is 0 Å². The summed E-state index contributed by atoms with van der Waals surface area (Å²) in [5, 5.41) is 0. The van der Waals surface area contributed by atoms with Gasteiger partial charge in [0.1, 0.15) is 0 Å². The Morgan fingerprint density at radius 3 is 1.93 bits per heavy atom. The molecule has 2 N–H and O–H groups in total. The average Bonchev–Trinajstić information content (AvgIpc) is 2.17. The van der Waals surface area contributed by atoms with Crippen LogP contribution in [0.4, 0.5) is 5.69 Å². The molecule has 0 saturated heterocycles. The van der Waals surface area contributed by atoms with Gasteiger partial charge in [-0.3, -0.25) is 4.79 Å². The zero-order chi connectivity index (χ0) is 10.7. The number of rotatable bonds is 3. The summed E-state index contributed by atoms with van der Waals surface area (Å²) in [5.41, 5.74) is 9.74. The lowest BCUT2D eigenvalue weighted by Gasteiger charge is -2.10. The van der Waals surface area contributed by atoms with Crippen LogP contribution in [0.25, 0.3) is 0 Å². The number of Topliss-reactive ketones (excluding diaryl/α,β-unsaturated/α-hetero) is 1. The predicted molar refractivity (Wildman–Crippen MR) is 59.6 cm³/mol. The van der Waals surface area contributed by atoms with Gasteiger partial charge in [0.25, 0.3) is 0 Å². The first-order valence-electron chi connectivity index (χ1n) is 5.02. The van der Waals surface area contributed by atoms with Gasteiger partial charge < -0.3 is 5.73 Å². The van der Waals surface area contributed by atoms with Crippen molar-refractivity contribution < 1.29 is 4.79 Å². The van der Waals surface area contributed by atoms with Crippen molar-refractivity contribution in [1.29, 1.82) is 0 Å². The number of hydrogen-bond acceptors (Lipinski definition) is 2. The SMILES string of the molecule is CCc1cc(C(C)=O)cc(CC)c1N. The van der Waals surface area contributed by atoms with E-state index in [2.05, 4.69) is 13.8 Å². The van der Waals surface area contributed by atoms with E-state index < -0.39 is 0 Å². The van der Waals surface area contributed by atoms with Gasteiger partial charge >= 0.3 is 0 Å². The van der Waals surface area contributed by atoms with Gasteiger partial charge in [-0.15, -0.1) is 0 Å². The zero-order valence-corrected chi connectivity index (χ0v) is 9.05. The highest BCUT2D eigenvalue weighted by Crippen LogP contribution is 2.21. The van der Waals surface area contributed by atoms with Crippen molar-refractivity contribution in [3.63, 3.8) is 0 Å². The summed E-state index contributed by atoms with van der Waals surface area (Å²) in [6.07, 6.45) is 1.75. The molecule has 0 aliphatic rings. The number of benzene rings is 1. The maximum absolute atomic E-state index is 11.3. The monoisotopic (exact) mass is 191 g/mol. The van der Waals surface area contributed by atoms with Crippen LogP contribution in [0, 0.1) is 0 Å². The average molecular weight is 191 g/mol. The van der Waals surface area contributed by atoms with E-state index in [4.69, 9.17) is 5.73 Å². The minimum Gasteiger partial charge on any atom is -0.398 e. The molecule has 0 aromatic heterocycles. The normalized spacial score (nSPS) is 10.2. The maximum atomic E-state index is 11.3. The van der Waals surface area contributed by atoms with Gasteiger partial charge in [-0.1, -0.05) is 13.8 Å². The number of nitrogen functional groups attached to an aromatic ring is 1. The van der Waals surface area contributed by atoms with Gasteiger partial charge in [0.2, 0.25) is 0 Å². The van der Waals surface area contributed by atoms with Crippen LogP contribution in [-0.2, 0) is 12.8 Å². The summed E-state index contributed by atoms with van der Waals surface area (Å²) in [6, 6.07) is 3.80. The second-order valence-corrected chi connectivity index (χ2v) is 3.47. The van der Waals surface area contributed by atoms with Crippen LogP contribution in [0.5, 0.6) is 0 Å². The maximum Gasteiger partial charge on any atom is 0.159 e. The molecule has 0 aliphatic carbocycles. The second kappa shape index (κ2) is 4.27. The van der Waals surface area contributed by atoms with Gasteiger partial charge in [-0.25, -0.2) is 0 Å². The van der Waals surface area contributed by atoms with Crippen LogP contribution in [0.3, 0.4) is 0 Å². The number of carbonyl (C=O) groups is 1. The zero-order valence-electron chi connectivity index (χ0n) is 9.05. The Bertz CT molecular complexity index is 330. The molecule has 0 atom stereocenters. The first-order chi connectivity index (χ1) is 6.60. The predicted octanol–water partition coefficient (Wildman–Crippen LogP) is 2.60. The van der Waals surface area contributed by atoms with Crippen molar-refractivity contribution in [3.05, 3.63) is 28.8 Å². The fourth-order valence-electron chi connectivity index (χ4n) is 1.57. The Hall–Kier alpha value is -1.31. The fourth-order valence-corrected chi connectivity index (χ4v) is 1.57. The standard InChI is InChI=1S/C12H17NO/c1-4-9-6-11(8(3)14)7-10(5-2)12(9)13/h6-7H,4-5,13H2,1-3H3. The number of nitrogens with two attached hydrogens (primary N) is 1. The largest absolute Gasteiger partial charge is 0.398 e. The smallest absolute Gasteiger partial charge is 0.159 e. The third kappa shape index (κ3) is 1.95. The van der Waals surface area contributed by atoms with Gasteiger partial charge in [0.15, 0.2) is 5.78 Å². The third-order valence-corrected chi connectivity index (χ3v) is 2.52. The van der Waals surface area contributed by atoms with E-state index in [0.29, 0.717) is 0 Å². The van der Waals surface area contributed by atoms with E-state index in [1.807, 2.05) is 12.1 Å². The van der Waals surface area contributed by atoms with Crippen LogP contribution in [0.1, 0.15) is 42.3 Å². The van der Waals surface area contributed by atoms with E-state index in [-0.39, 0.29) is 5.78 Å². The molecule has 1 aromatic carbocycles. The number of anilines is 1. The lowest BCUT2D eigenvalue weighted by atomic mass is 9.98. The molecule has 2 nitrogen and oxygen atoms in total. The van der Waals surface area contributed by atoms with E-state index in [9.17, 15) is 4.79 Å². The molecular formula is C12H17NO. The van der Waals surface area contributed by atoms with Crippen molar-refractivity contribution in [2.75, 3.05) is 5.73 Å². The molecule has 1 rings (SSSR count). The van der Waals surface area contributed by atoms with Crippen LogP contribution >= 0.6 is 0 Å². The Balaban J connectivity index is 3.32. The molecule has 0 fully saturated rings. The van der Waals surface area contributed by atoms with Gasteiger partial charge in [0.05, 0.1) is 0 Å². The fraction of sp³-hybridized carbons (Fsp3) is 0.417. The van der Waals surface area contributed by atoms with Gasteiger partial charge in [-0.05, 0) is 43.0 Å². The Morgan fingerprint density at radius 2 is 1.64 bits per heavy atom. The van der Waals surface area contributed by atoms with Gasteiger partial charge in [-0.2, -0.15) is 0 Å². The van der Waals surface area contributed by atoms with Crippen LogP contribution < -0.4 is 5.73 Å². The molecule has 0 saturated carbocycles. The Morgan fingerprint density at radius 1 is 1.21 bits per heavy atom.